The first-order valence-electron chi connectivity index (χ1n) is 6.38. The number of thiophene rings is 1. The van der Waals surface area contributed by atoms with Crippen molar-refractivity contribution in [3.05, 3.63) is 17.0 Å². The monoisotopic (exact) mass is 320 g/mol. The minimum absolute atomic E-state index is 0.0155. The number of carbonyl (C=O) groups is 1. The summed E-state index contributed by atoms with van der Waals surface area (Å²) in [6, 6.07) is 2.38. The van der Waals surface area contributed by atoms with Crippen molar-refractivity contribution in [1.82, 2.24) is 9.62 Å². The van der Waals surface area contributed by atoms with Gasteiger partial charge >= 0.3 is 5.97 Å². The van der Waals surface area contributed by atoms with E-state index < -0.39 is 16.0 Å². The average Bonchev–Trinajstić information content (AvgIpc) is 2.85. The molecule has 1 heterocycles. The van der Waals surface area contributed by atoms with Gasteiger partial charge in [0.25, 0.3) is 0 Å². The number of carboxylic acid groups (broad SMARTS) is 1. The summed E-state index contributed by atoms with van der Waals surface area (Å²) >= 11 is 0.757. The van der Waals surface area contributed by atoms with Crippen LogP contribution in [0.15, 0.2) is 16.3 Å². The van der Waals surface area contributed by atoms with Crippen LogP contribution in [0.3, 0.4) is 0 Å². The van der Waals surface area contributed by atoms with E-state index >= 15 is 0 Å². The molecule has 8 heteroatoms. The summed E-state index contributed by atoms with van der Waals surface area (Å²) in [5, 5.41) is 8.82. The number of nitrogens with zero attached hydrogens (tertiary/aromatic N) is 1. The largest absolute Gasteiger partial charge is 0.477 e. The summed E-state index contributed by atoms with van der Waals surface area (Å²) in [7, 11) is -3.66. The lowest BCUT2D eigenvalue weighted by atomic mass is 10.3. The summed E-state index contributed by atoms with van der Waals surface area (Å²) in [4.78, 5) is 12.9. The van der Waals surface area contributed by atoms with Gasteiger partial charge in [-0.05, 0) is 32.1 Å². The van der Waals surface area contributed by atoms with Crippen LogP contribution in [-0.2, 0) is 10.0 Å². The minimum atomic E-state index is -3.66. The van der Waals surface area contributed by atoms with Gasteiger partial charge in [0.15, 0.2) is 0 Å². The number of rotatable bonds is 8. The summed E-state index contributed by atoms with van der Waals surface area (Å²) in [5.41, 5.74) is 0. The number of aromatic carboxylic acids is 1. The number of carboxylic acids is 1. The van der Waals surface area contributed by atoms with Crippen LogP contribution >= 0.6 is 11.3 Å². The molecule has 0 aliphatic heterocycles. The number of hydrogen-bond acceptors (Lipinski definition) is 5. The van der Waals surface area contributed by atoms with Crippen LogP contribution in [0, 0.1) is 0 Å². The highest BCUT2D eigenvalue weighted by atomic mass is 32.2. The molecule has 0 fully saturated rings. The Labute approximate surface area is 123 Å². The lowest BCUT2D eigenvalue weighted by Gasteiger charge is -2.23. The molecule has 114 valence electrons. The first-order valence-corrected chi connectivity index (χ1v) is 8.68. The number of likely N-dealkylation sites (N-methyl/N-ethyl adjacent to an activating group) is 1. The SMILES string of the molecule is CCN(CC)CC(C)NS(=O)(=O)c1ccc(C(=O)O)s1. The second kappa shape index (κ2) is 7.16. The van der Waals surface area contributed by atoms with Crippen LogP contribution < -0.4 is 4.72 Å². The predicted molar refractivity (Wildman–Crippen MR) is 78.8 cm³/mol. The fourth-order valence-corrected chi connectivity index (χ4v) is 4.21. The zero-order valence-electron chi connectivity index (χ0n) is 11.8. The van der Waals surface area contributed by atoms with Crippen LogP contribution in [0.1, 0.15) is 30.4 Å². The minimum Gasteiger partial charge on any atom is -0.477 e. The molecule has 6 nitrogen and oxygen atoms in total. The molecular formula is C12H20N2O4S2. The van der Waals surface area contributed by atoms with E-state index in [4.69, 9.17) is 5.11 Å². The molecule has 0 saturated heterocycles. The summed E-state index contributed by atoms with van der Waals surface area (Å²) in [6.07, 6.45) is 0. The molecule has 1 rings (SSSR count). The zero-order valence-corrected chi connectivity index (χ0v) is 13.4. The Balaban J connectivity index is 2.76. The van der Waals surface area contributed by atoms with Crippen molar-refractivity contribution in [1.29, 1.82) is 0 Å². The summed E-state index contributed by atoms with van der Waals surface area (Å²) in [5.74, 6) is -1.12. The van der Waals surface area contributed by atoms with Crippen LogP contribution in [-0.4, -0.2) is 50.1 Å². The molecule has 1 aromatic rings. The third-order valence-corrected chi connectivity index (χ3v) is 5.99. The molecule has 1 aromatic heterocycles. The Morgan fingerprint density at radius 1 is 1.40 bits per heavy atom. The van der Waals surface area contributed by atoms with Gasteiger partial charge in [0, 0.05) is 12.6 Å². The fourth-order valence-electron chi connectivity index (χ4n) is 1.81. The second-order valence-electron chi connectivity index (χ2n) is 4.43. The molecule has 0 spiro atoms. The highest BCUT2D eigenvalue weighted by Gasteiger charge is 2.21. The van der Waals surface area contributed by atoms with E-state index in [-0.39, 0.29) is 15.1 Å². The topological polar surface area (TPSA) is 86.7 Å². The number of nitrogens with one attached hydrogen (secondary N) is 1. The van der Waals surface area contributed by atoms with E-state index in [2.05, 4.69) is 9.62 Å². The molecule has 2 N–H and O–H groups in total. The normalized spacial score (nSPS) is 13.6. The van der Waals surface area contributed by atoms with Gasteiger partial charge in [-0.15, -0.1) is 11.3 Å². The van der Waals surface area contributed by atoms with Crippen molar-refractivity contribution < 1.29 is 18.3 Å². The van der Waals surface area contributed by atoms with Crippen LogP contribution in [0.25, 0.3) is 0 Å². The Morgan fingerprint density at radius 3 is 2.45 bits per heavy atom. The molecule has 0 aliphatic rings. The third kappa shape index (κ3) is 4.55. The average molecular weight is 320 g/mol. The van der Waals surface area contributed by atoms with Crippen LogP contribution in [0.4, 0.5) is 0 Å². The van der Waals surface area contributed by atoms with E-state index in [1.165, 1.54) is 12.1 Å². The lowest BCUT2D eigenvalue weighted by molar-refractivity contribution is 0.0702. The Kier molecular flexibility index (Phi) is 6.12. The van der Waals surface area contributed by atoms with E-state index in [1.807, 2.05) is 13.8 Å². The van der Waals surface area contributed by atoms with Gasteiger partial charge < -0.3 is 10.0 Å². The van der Waals surface area contributed by atoms with E-state index in [9.17, 15) is 13.2 Å². The predicted octanol–water partition coefficient (Wildman–Crippen LogP) is 1.45. The molecule has 0 aromatic carbocycles. The molecule has 1 atom stereocenters. The highest BCUT2D eigenvalue weighted by Crippen LogP contribution is 2.21. The number of hydrogen-bond donors (Lipinski definition) is 2. The standard InChI is InChI=1S/C12H20N2O4S2/c1-4-14(5-2)8-9(3)13-20(17,18)11-7-6-10(19-11)12(15)16/h6-7,9,13H,4-5,8H2,1-3H3,(H,15,16). The Bertz CT molecular complexity index is 550. The Morgan fingerprint density at radius 2 is 2.00 bits per heavy atom. The van der Waals surface area contributed by atoms with Gasteiger partial charge in [-0.2, -0.15) is 0 Å². The fraction of sp³-hybridized carbons (Fsp3) is 0.583. The van der Waals surface area contributed by atoms with Crippen molar-refractivity contribution in [2.24, 2.45) is 0 Å². The second-order valence-corrected chi connectivity index (χ2v) is 7.46. The van der Waals surface area contributed by atoms with Gasteiger partial charge in [-0.25, -0.2) is 17.9 Å². The summed E-state index contributed by atoms with van der Waals surface area (Å²) in [6.45, 7) is 8.15. The highest BCUT2D eigenvalue weighted by molar-refractivity contribution is 7.91. The van der Waals surface area contributed by atoms with Crippen LogP contribution in [0.5, 0.6) is 0 Å². The maximum absolute atomic E-state index is 12.1. The van der Waals surface area contributed by atoms with Crippen LogP contribution in [0.2, 0.25) is 0 Å². The lowest BCUT2D eigenvalue weighted by Crippen LogP contribution is -2.41. The molecule has 0 radical (unpaired) electrons. The smallest absolute Gasteiger partial charge is 0.345 e. The number of sulfonamides is 1. The molecule has 0 bridgehead atoms. The Hall–Kier alpha value is -0.960. The van der Waals surface area contributed by atoms with E-state index in [0.717, 1.165) is 24.4 Å². The van der Waals surface area contributed by atoms with Gasteiger partial charge in [0.1, 0.15) is 9.09 Å². The first kappa shape index (κ1) is 17.1. The molecular weight excluding hydrogens is 300 g/mol. The van der Waals surface area contributed by atoms with Crippen molar-refractivity contribution in [2.45, 2.75) is 31.0 Å². The van der Waals surface area contributed by atoms with Gasteiger partial charge in [-0.3, -0.25) is 0 Å². The molecule has 20 heavy (non-hydrogen) atoms. The molecule has 0 saturated carbocycles. The molecule has 0 aliphatic carbocycles. The van der Waals surface area contributed by atoms with E-state index in [0.29, 0.717) is 6.54 Å². The third-order valence-electron chi connectivity index (χ3n) is 2.84. The van der Waals surface area contributed by atoms with Gasteiger partial charge in [-0.1, -0.05) is 13.8 Å². The van der Waals surface area contributed by atoms with Crippen molar-refractivity contribution in [2.75, 3.05) is 19.6 Å². The zero-order chi connectivity index (χ0) is 15.3. The van der Waals surface area contributed by atoms with Gasteiger partial charge in [0.2, 0.25) is 10.0 Å². The maximum atomic E-state index is 12.1. The van der Waals surface area contributed by atoms with Crippen molar-refractivity contribution >= 4 is 27.3 Å². The summed E-state index contributed by atoms with van der Waals surface area (Å²) < 4.78 is 26.8. The van der Waals surface area contributed by atoms with Crippen molar-refractivity contribution in [3.8, 4) is 0 Å². The first-order chi connectivity index (χ1) is 9.30. The molecule has 0 amide bonds. The van der Waals surface area contributed by atoms with Gasteiger partial charge in [0.05, 0.1) is 0 Å². The van der Waals surface area contributed by atoms with E-state index in [1.54, 1.807) is 6.92 Å². The maximum Gasteiger partial charge on any atom is 0.345 e. The molecule has 1 unspecified atom stereocenters. The van der Waals surface area contributed by atoms with Crippen molar-refractivity contribution in [3.63, 3.8) is 0 Å². The quantitative estimate of drug-likeness (QED) is 0.757.